The van der Waals surface area contributed by atoms with E-state index < -0.39 is 0 Å². The van der Waals surface area contributed by atoms with Crippen molar-refractivity contribution in [2.45, 2.75) is 26.4 Å². The molecule has 1 aliphatic carbocycles. The summed E-state index contributed by atoms with van der Waals surface area (Å²) in [5.74, 6) is 0.274. The number of carbonyl (C=O) groups excluding carboxylic acids is 1. The van der Waals surface area contributed by atoms with E-state index in [0.717, 1.165) is 18.4 Å². The fourth-order valence-electron chi connectivity index (χ4n) is 1.69. The smallest absolute Gasteiger partial charge is 0.138 e. The van der Waals surface area contributed by atoms with Gasteiger partial charge in [0.25, 0.3) is 0 Å². The molecule has 0 bridgehead atoms. The highest BCUT2D eigenvalue weighted by atomic mass is 16.5. The third-order valence-corrected chi connectivity index (χ3v) is 3.09. The summed E-state index contributed by atoms with van der Waals surface area (Å²) in [6.45, 7) is 2.85. The molecule has 80 valence electrons. The van der Waals surface area contributed by atoms with Gasteiger partial charge in [-0.1, -0.05) is 30.3 Å². The number of Topliss-reactive ketones (excluding diaryl/α,β-unsaturated/α-hetero) is 1. The molecule has 0 radical (unpaired) electrons. The molecule has 0 saturated heterocycles. The molecule has 0 aliphatic heterocycles. The van der Waals surface area contributed by atoms with E-state index in [-0.39, 0.29) is 11.2 Å². The predicted octanol–water partition coefficient (Wildman–Crippen LogP) is 2.57. The second kappa shape index (κ2) is 4.15. The van der Waals surface area contributed by atoms with E-state index in [2.05, 4.69) is 0 Å². The van der Waals surface area contributed by atoms with E-state index in [1.165, 1.54) is 0 Å². The van der Waals surface area contributed by atoms with Crippen LogP contribution in [0.4, 0.5) is 0 Å². The van der Waals surface area contributed by atoms with E-state index in [0.29, 0.717) is 13.2 Å². The van der Waals surface area contributed by atoms with E-state index in [1.807, 2.05) is 30.3 Å². The van der Waals surface area contributed by atoms with E-state index in [1.54, 1.807) is 6.92 Å². The van der Waals surface area contributed by atoms with Crippen LogP contribution in [0.25, 0.3) is 0 Å². The molecule has 2 heteroatoms. The summed E-state index contributed by atoms with van der Waals surface area (Å²) < 4.78 is 5.59. The minimum atomic E-state index is -0.130. The zero-order chi connectivity index (χ0) is 10.7. The Balaban J connectivity index is 1.79. The summed E-state index contributed by atoms with van der Waals surface area (Å²) in [7, 11) is 0. The first-order valence-corrected chi connectivity index (χ1v) is 5.36. The van der Waals surface area contributed by atoms with E-state index in [9.17, 15) is 4.79 Å². The molecule has 1 aromatic rings. The summed E-state index contributed by atoms with van der Waals surface area (Å²) >= 11 is 0. The maximum absolute atomic E-state index is 11.3. The molecule has 0 atom stereocenters. The van der Waals surface area contributed by atoms with Crippen LogP contribution in [0.1, 0.15) is 25.3 Å². The van der Waals surface area contributed by atoms with Crippen LogP contribution in [0, 0.1) is 5.41 Å². The highest BCUT2D eigenvalue weighted by molar-refractivity contribution is 5.85. The van der Waals surface area contributed by atoms with Crippen LogP contribution in [-0.2, 0) is 16.1 Å². The van der Waals surface area contributed by atoms with Crippen LogP contribution in [0.2, 0.25) is 0 Å². The Morgan fingerprint density at radius 1 is 1.33 bits per heavy atom. The first-order valence-electron chi connectivity index (χ1n) is 5.36. The fourth-order valence-corrected chi connectivity index (χ4v) is 1.69. The van der Waals surface area contributed by atoms with Gasteiger partial charge < -0.3 is 4.74 Å². The normalized spacial score (nSPS) is 17.4. The topological polar surface area (TPSA) is 26.3 Å². The fraction of sp³-hybridized carbons (Fsp3) is 0.462. The molecule has 0 unspecified atom stereocenters. The van der Waals surface area contributed by atoms with Crippen molar-refractivity contribution >= 4 is 5.78 Å². The van der Waals surface area contributed by atoms with Crippen LogP contribution in [0.5, 0.6) is 0 Å². The molecular formula is C13H16O2. The van der Waals surface area contributed by atoms with Crippen molar-refractivity contribution in [1.29, 1.82) is 0 Å². The van der Waals surface area contributed by atoms with Gasteiger partial charge in [-0.15, -0.1) is 0 Å². The largest absolute Gasteiger partial charge is 0.376 e. The lowest BCUT2D eigenvalue weighted by Gasteiger charge is -2.11. The zero-order valence-corrected chi connectivity index (χ0v) is 9.03. The highest BCUT2D eigenvalue weighted by Gasteiger charge is 2.47. The maximum atomic E-state index is 11.3. The Labute approximate surface area is 90.3 Å². The standard InChI is InChI=1S/C13H16O2/c1-11(14)13(7-8-13)10-15-9-12-5-3-2-4-6-12/h2-6H,7-10H2,1H3. The number of carbonyl (C=O) groups is 1. The van der Waals surface area contributed by atoms with Crippen molar-refractivity contribution in [3.05, 3.63) is 35.9 Å². The molecular weight excluding hydrogens is 188 g/mol. The molecule has 0 N–H and O–H groups in total. The number of benzene rings is 1. The lowest BCUT2D eigenvalue weighted by atomic mass is 10.0. The SMILES string of the molecule is CC(=O)C1(COCc2ccccc2)CC1. The van der Waals surface area contributed by atoms with Gasteiger partial charge in [0.1, 0.15) is 5.78 Å². The monoisotopic (exact) mass is 204 g/mol. The van der Waals surface area contributed by atoms with Crippen molar-refractivity contribution in [1.82, 2.24) is 0 Å². The zero-order valence-electron chi connectivity index (χ0n) is 9.03. The third kappa shape index (κ3) is 2.45. The van der Waals surface area contributed by atoms with Gasteiger partial charge in [0.05, 0.1) is 18.6 Å². The molecule has 1 aliphatic rings. The summed E-state index contributed by atoms with van der Waals surface area (Å²) in [6, 6.07) is 10.1. The molecule has 0 aromatic heterocycles. The van der Waals surface area contributed by atoms with Gasteiger partial charge in [-0.2, -0.15) is 0 Å². The highest BCUT2D eigenvalue weighted by Crippen LogP contribution is 2.46. The summed E-state index contributed by atoms with van der Waals surface area (Å²) in [6.07, 6.45) is 1.99. The number of rotatable bonds is 5. The molecule has 15 heavy (non-hydrogen) atoms. The third-order valence-electron chi connectivity index (χ3n) is 3.09. The molecule has 0 spiro atoms. The Morgan fingerprint density at radius 2 is 2.00 bits per heavy atom. The van der Waals surface area contributed by atoms with Gasteiger partial charge >= 0.3 is 0 Å². The van der Waals surface area contributed by atoms with Crippen LogP contribution < -0.4 is 0 Å². The number of ether oxygens (including phenoxy) is 1. The van der Waals surface area contributed by atoms with Crippen LogP contribution in [0.15, 0.2) is 30.3 Å². The van der Waals surface area contributed by atoms with Gasteiger partial charge in [0.2, 0.25) is 0 Å². The number of ketones is 1. The van der Waals surface area contributed by atoms with Crippen molar-refractivity contribution in [3.8, 4) is 0 Å². The van der Waals surface area contributed by atoms with Gasteiger partial charge in [-0.3, -0.25) is 4.79 Å². The van der Waals surface area contributed by atoms with E-state index >= 15 is 0 Å². The van der Waals surface area contributed by atoms with Crippen LogP contribution >= 0.6 is 0 Å². The minimum Gasteiger partial charge on any atom is -0.376 e. The van der Waals surface area contributed by atoms with Crippen LogP contribution in [0.3, 0.4) is 0 Å². The van der Waals surface area contributed by atoms with Crippen molar-refractivity contribution in [2.24, 2.45) is 5.41 Å². The molecule has 1 fully saturated rings. The average Bonchev–Trinajstić information content (AvgIpc) is 3.01. The first-order chi connectivity index (χ1) is 7.23. The minimum absolute atomic E-state index is 0.130. The molecule has 1 saturated carbocycles. The number of hydrogen-bond acceptors (Lipinski definition) is 2. The van der Waals surface area contributed by atoms with Crippen molar-refractivity contribution < 1.29 is 9.53 Å². The van der Waals surface area contributed by atoms with Crippen molar-refractivity contribution in [2.75, 3.05) is 6.61 Å². The van der Waals surface area contributed by atoms with Gasteiger partial charge in [0.15, 0.2) is 0 Å². The molecule has 1 aromatic carbocycles. The lowest BCUT2D eigenvalue weighted by molar-refractivity contribution is -0.124. The van der Waals surface area contributed by atoms with Crippen molar-refractivity contribution in [3.63, 3.8) is 0 Å². The Morgan fingerprint density at radius 3 is 2.53 bits per heavy atom. The molecule has 0 amide bonds. The summed E-state index contributed by atoms with van der Waals surface area (Å²) in [5.41, 5.74) is 1.03. The number of hydrogen-bond donors (Lipinski definition) is 0. The molecule has 2 rings (SSSR count). The predicted molar refractivity (Wildman–Crippen MR) is 58.4 cm³/mol. The molecule has 0 heterocycles. The summed E-state index contributed by atoms with van der Waals surface area (Å²) in [5, 5.41) is 0. The molecule has 2 nitrogen and oxygen atoms in total. The summed E-state index contributed by atoms with van der Waals surface area (Å²) in [4.78, 5) is 11.3. The Hall–Kier alpha value is -1.15. The Bertz CT molecular complexity index is 339. The maximum Gasteiger partial charge on any atom is 0.138 e. The van der Waals surface area contributed by atoms with Crippen LogP contribution in [-0.4, -0.2) is 12.4 Å². The Kier molecular flexibility index (Phi) is 2.87. The van der Waals surface area contributed by atoms with Gasteiger partial charge in [-0.25, -0.2) is 0 Å². The first kappa shape index (κ1) is 10.4. The van der Waals surface area contributed by atoms with E-state index in [4.69, 9.17) is 4.74 Å². The second-order valence-corrected chi connectivity index (χ2v) is 4.31. The quantitative estimate of drug-likeness (QED) is 0.736. The van der Waals surface area contributed by atoms with Gasteiger partial charge in [-0.05, 0) is 25.3 Å². The van der Waals surface area contributed by atoms with Gasteiger partial charge in [0, 0.05) is 0 Å². The second-order valence-electron chi connectivity index (χ2n) is 4.31. The average molecular weight is 204 g/mol. The lowest BCUT2D eigenvalue weighted by Crippen LogP contribution is -2.18.